The summed E-state index contributed by atoms with van der Waals surface area (Å²) in [5.41, 5.74) is 1.61. The number of carbonyl (C=O) groups excluding carboxylic acids is 1. The zero-order valence-corrected chi connectivity index (χ0v) is 14.4. The van der Waals surface area contributed by atoms with Crippen LogP contribution >= 0.6 is 0 Å². The number of likely N-dealkylation sites (N-methyl/N-ethyl adjacent to an activating group) is 1. The molecule has 134 valence electrons. The first-order chi connectivity index (χ1) is 12.0. The maximum absolute atomic E-state index is 12.3. The van der Waals surface area contributed by atoms with Crippen molar-refractivity contribution in [2.75, 3.05) is 45.1 Å². The molecule has 1 atom stereocenters. The number of hydrogen-bond donors (Lipinski definition) is 3. The van der Waals surface area contributed by atoms with Gasteiger partial charge in [-0.2, -0.15) is 0 Å². The molecule has 0 saturated carbocycles. The number of nitrogens with one attached hydrogen (secondary N) is 2. The van der Waals surface area contributed by atoms with Crippen molar-refractivity contribution in [1.29, 1.82) is 0 Å². The highest BCUT2D eigenvalue weighted by molar-refractivity contribution is 5.95. The van der Waals surface area contributed by atoms with Crippen molar-refractivity contribution in [1.82, 2.24) is 14.8 Å². The molecule has 0 spiro atoms. The largest absolute Gasteiger partial charge is 0.481 e. The molecule has 1 saturated heterocycles. The Hall–Kier alpha value is -2.38. The smallest absolute Gasteiger partial charge is 0.308 e. The summed E-state index contributed by atoms with van der Waals surface area (Å²) in [5, 5.41) is 13.3. The zero-order chi connectivity index (χ0) is 17.8. The maximum Gasteiger partial charge on any atom is 0.308 e. The van der Waals surface area contributed by atoms with Gasteiger partial charge in [-0.25, -0.2) is 0 Å². The Balaban J connectivity index is 1.57. The van der Waals surface area contributed by atoms with E-state index in [4.69, 9.17) is 0 Å². The van der Waals surface area contributed by atoms with Gasteiger partial charge in [-0.15, -0.1) is 0 Å². The highest BCUT2D eigenvalue weighted by Gasteiger charge is 2.25. The second-order valence-corrected chi connectivity index (χ2v) is 6.67. The first-order valence-electron chi connectivity index (χ1n) is 8.52. The summed E-state index contributed by atoms with van der Waals surface area (Å²) in [6, 6.07) is 7.55. The lowest BCUT2D eigenvalue weighted by atomic mass is 10.0. The Morgan fingerprint density at radius 3 is 2.72 bits per heavy atom. The summed E-state index contributed by atoms with van der Waals surface area (Å²) in [4.78, 5) is 31.3. The van der Waals surface area contributed by atoms with Gasteiger partial charge in [0.2, 0.25) is 5.91 Å². The van der Waals surface area contributed by atoms with Gasteiger partial charge >= 0.3 is 5.97 Å². The van der Waals surface area contributed by atoms with Crippen LogP contribution in [0, 0.1) is 5.92 Å². The topological polar surface area (TPSA) is 88.7 Å². The third kappa shape index (κ3) is 4.58. The van der Waals surface area contributed by atoms with Gasteiger partial charge in [0.1, 0.15) is 0 Å². The molecule has 0 bridgehead atoms. The number of aliphatic carboxylic acids is 1. The number of rotatable bonds is 6. The van der Waals surface area contributed by atoms with E-state index in [0.29, 0.717) is 12.2 Å². The van der Waals surface area contributed by atoms with Gasteiger partial charge in [-0.3, -0.25) is 14.5 Å². The third-order valence-corrected chi connectivity index (χ3v) is 4.69. The lowest BCUT2D eigenvalue weighted by Crippen LogP contribution is -2.47. The Labute approximate surface area is 146 Å². The molecule has 7 nitrogen and oxygen atoms in total. The summed E-state index contributed by atoms with van der Waals surface area (Å²) in [6.45, 7) is 3.94. The predicted molar refractivity (Wildman–Crippen MR) is 96.6 cm³/mol. The van der Waals surface area contributed by atoms with E-state index in [0.717, 1.165) is 37.1 Å². The second-order valence-electron chi connectivity index (χ2n) is 6.67. The molecule has 1 aromatic heterocycles. The van der Waals surface area contributed by atoms with Crippen molar-refractivity contribution in [2.24, 2.45) is 5.92 Å². The number of carboxylic acid groups (broad SMARTS) is 1. The fourth-order valence-corrected chi connectivity index (χ4v) is 3.13. The van der Waals surface area contributed by atoms with Crippen molar-refractivity contribution in [3.05, 3.63) is 30.5 Å². The number of fused-ring (bicyclic) bond motifs is 1. The van der Waals surface area contributed by atoms with E-state index < -0.39 is 11.9 Å². The Kier molecular flexibility index (Phi) is 5.35. The Morgan fingerprint density at radius 2 is 2.00 bits per heavy atom. The number of hydrogen-bond acceptors (Lipinski definition) is 4. The SMILES string of the molecule is CN1CCN(C[C@H](CC(=O)Nc2ccc3cc[nH]c3c2)C(=O)O)CC1. The normalized spacial score (nSPS) is 17.5. The highest BCUT2D eigenvalue weighted by Crippen LogP contribution is 2.18. The molecule has 7 heteroatoms. The third-order valence-electron chi connectivity index (χ3n) is 4.69. The van der Waals surface area contributed by atoms with Crippen LogP contribution in [0.4, 0.5) is 5.69 Å². The number of H-pyrrole nitrogens is 1. The monoisotopic (exact) mass is 344 g/mol. The molecule has 2 aromatic rings. The Morgan fingerprint density at radius 1 is 1.24 bits per heavy atom. The van der Waals surface area contributed by atoms with Crippen molar-refractivity contribution in [3.63, 3.8) is 0 Å². The van der Waals surface area contributed by atoms with Gasteiger partial charge < -0.3 is 20.3 Å². The van der Waals surface area contributed by atoms with Crippen LogP contribution in [0.25, 0.3) is 10.9 Å². The van der Waals surface area contributed by atoms with Gasteiger partial charge in [0.05, 0.1) is 5.92 Å². The number of carboxylic acids is 1. The first-order valence-corrected chi connectivity index (χ1v) is 8.52. The van der Waals surface area contributed by atoms with Crippen LogP contribution in [-0.2, 0) is 9.59 Å². The van der Waals surface area contributed by atoms with E-state index in [1.165, 1.54) is 0 Å². The minimum atomic E-state index is -0.922. The van der Waals surface area contributed by atoms with Crippen molar-refractivity contribution in [2.45, 2.75) is 6.42 Å². The van der Waals surface area contributed by atoms with Gasteiger partial charge in [-0.1, -0.05) is 6.07 Å². The maximum atomic E-state index is 12.3. The number of piperazine rings is 1. The average molecular weight is 344 g/mol. The van der Waals surface area contributed by atoms with Crippen LogP contribution < -0.4 is 5.32 Å². The number of nitrogens with zero attached hydrogens (tertiary/aromatic N) is 2. The minimum absolute atomic E-state index is 0.0234. The zero-order valence-electron chi connectivity index (χ0n) is 14.4. The molecule has 1 amide bonds. The molecule has 1 aliphatic heterocycles. The Bertz CT molecular complexity index is 750. The number of anilines is 1. The van der Waals surface area contributed by atoms with E-state index >= 15 is 0 Å². The number of aromatic amines is 1. The molecule has 1 fully saturated rings. The molecule has 25 heavy (non-hydrogen) atoms. The molecular formula is C18H24N4O3. The van der Waals surface area contributed by atoms with E-state index in [1.54, 1.807) is 0 Å². The number of carbonyl (C=O) groups is 2. The lowest BCUT2D eigenvalue weighted by molar-refractivity contribution is -0.144. The molecule has 1 aliphatic rings. The predicted octanol–water partition coefficient (Wildman–Crippen LogP) is 1.44. The summed E-state index contributed by atoms with van der Waals surface area (Å²) in [5.74, 6) is -1.89. The molecule has 0 radical (unpaired) electrons. The molecule has 0 unspecified atom stereocenters. The fourth-order valence-electron chi connectivity index (χ4n) is 3.13. The van der Waals surface area contributed by atoms with Crippen molar-refractivity contribution >= 4 is 28.5 Å². The van der Waals surface area contributed by atoms with Crippen LogP contribution in [0.1, 0.15) is 6.42 Å². The standard InChI is InChI=1S/C18H24N4O3/c1-21-6-8-22(9-7-21)12-14(18(24)25)10-17(23)20-15-3-2-13-4-5-19-16(13)11-15/h2-5,11,14,19H,6-10,12H2,1H3,(H,20,23)(H,24,25)/t14-/m0/s1. The number of benzene rings is 1. The molecule has 3 N–H and O–H groups in total. The molecule has 1 aromatic carbocycles. The molecule has 2 heterocycles. The van der Waals surface area contributed by atoms with Crippen LogP contribution in [0.15, 0.2) is 30.5 Å². The summed E-state index contributed by atoms with van der Waals surface area (Å²) >= 11 is 0. The van der Waals surface area contributed by atoms with E-state index in [9.17, 15) is 14.7 Å². The van der Waals surface area contributed by atoms with Gasteiger partial charge in [0, 0.05) is 56.5 Å². The number of aromatic nitrogens is 1. The van der Waals surface area contributed by atoms with Gasteiger partial charge in [0.15, 0.2) is 0 Å². The molecular weight excluding hydrogens is 320 g/mol. The lowest BCUT2D eigenvalue weighted by Gasteiger charge is -2.33. The van der Waals surface area contributed by atoms with Crippen LogP contribution in [0.3, 0.4) is 0 Å². The fraction of sp³-hybridized carbons (Fsp3) is 0.444. The molecule has 0 aliphatic carbocycles. The first kappa shape index (κ1) is 17.4. The quantitative estimate of drug-likeness (QED) is 0.738. The average Bonchev–Trinajstić information content (AvgIpc) is 3.03. The summed E-state index contributed by atoms with van der Waals surface area (Å²) < 4.78 is 0. The summed E-state index contributed by atoms with van der Waals surface area (Å²) in [7, 11) is 2.06. The van der Waals surface area contributed by atoms with Crippen LogP contribution in [0.5, 0.6) is 0 Å². The van der Waals surface area contributed by atoms with E-state index in [-0.39, 0.29) is 12.3 Å². The van der Waals surface area contributed by atoms with E-state index in [2.05, 4.69) is 27.1 Å². The van der Waals surface area contributed by atoms with Gasteiger partial charge in [-0.05, 0) is 30.6 Å². The number of amides is 1. The van der Waals surface area contributed by atoms with Crippen molar-refractivity contribution < 1.29 is 14.7 Å². The van der Waals surface area contributed by atoms with Crippen molar-refractivity contribution in [3.8, 4) is 0 Å². The van der Waals surface area contributed by atoms with E-state index in [1.807, 2.05) is 30.5 Å². The highest BCUT2D eigenvalue weighted by atomic mass is 16.4. The van der Waals surface area contributed by atoms with Crippen LogP contribution in [0.2, 0.25) is 0 Å². The summed E-state index contributed by atoms with van der Waals surface area (Å²) in [6.07, 6.45) is 1.82. The molecule has 3 rings (SSSR count). The van der Waals surface area contributed by atoms with Gasteiger partial charge in [0.25, 0.3) is 0 Å². The van der Waals surface area contributed by atoms with Crippen LogP contribution in [-0.4, -0.2) is 71.5 Å². The minimum Gasteiger partial charge on any atom is -0.481 e. The second kappa shape index (κ2) is 7.67.